The lowest BCUT2D eigenvalue weighted by Gasteiger charge is -2.01. The molecular weight excluding hydrogens is 388 g/mol. The molecule has 0 saturated heterocycles. The standard InChI is InChI=1S/C18H15BrN2O2S/c1-2-12-3-5-14(6-4-12)17-20-21(18(24)23-17)11-16(22)13-7-9-15(19)10-8-13/h3-10H,2,11H2,1H3. The predicted molar refractivity (Wildman–Crippen MR) is 98.6 cm³/mol. The molecule has 2 aromatic carbocycles. The summed E-state index contributed by atoms with van der Waals surface area (Å²) >= 11 is 8.54. The summed E-state index contributed by atoms with van der Waals surface area (Å²) in [5.74, 6) is 0.353. The third-order valence-corrected chi connectivity index (χ3v) is 4.50. The molecule has 1 heterocycles. The number of aryl methyl sites for hydroxylation is 1. The number of hydrogen-bond acceptors (Lipinski definition) is 4. The van der Waals surface area contributed by atoms with E-state index in [1.54, 1.807) is 12.1 Å². The van der Waals surface area contributed by atoms with E-state index in [4.69, 9.17) is 16.6 Å². The summed E-state index contributed by atoms with van der Waals surface area (Å²) in [6, 6.07) is 15.1. The van der Waals surface area contributed by atoms with Crippen LogP contribution in [0.25, 0.3) is 11.5 Å². The van der Waals surface area contributed by atoms with Crippen molar-refractivity contribution in [2.24, 2.45) is 0 Å². The van der Waals surface area contributed by atoms with Crippen molar-refractivity contribution in [3.05, 3.63) is 69.0 Å². The number of carbonyl (C=O) groups is 1. The molecule has 0 radical (unpaired) electrons. The lowest BCUT2D eigenvalue weighted by molar-refractivity contribution is 0.0966. The molecule has 0 fully saturated rings. The van der Waals surface area contributed by atoms with E-state index in [2.05, 4.69) is 28.0 Å². The summed E-state index contributed by atoms with van der Waals surface area (Å²) in [6.45, 7) is 2.15. The van der Waals surface area contributed by atoms with Gasteiger partial charge in [-0.2, -0.15) is 0 Å². The van der Waals surface area contributed by atoms with E-state index >= 15 is 0 Å². The fourth-order valence-electron chi connectivity index (χ4n) is 2.27. The van der Waals surface area contributed by atoms with Crippen molar-refractivity contribution < 1.29 is 9.21 Å². The summed E-state index contributed by atoms with van der Waals surface area (Å²) in [4.78, 5) is 12.5. The van der Waals surface area contributed by atoms with Crippen LogP contribution in [0.3, 0.4) is 0 Å². The van der Waals surface area contributed by atoms with E-state index in [1.165, 1.54) is 10.2 Å². The number of benzene rings is 2. The van der Waals surface area contributed by atoms with Gasteiger partial charge in [0.2, 0.25) is 5.89 Å². The number of rotatable bonds is 5. The lowest BCUT2D eigenvalue weighted by Crippen LogP contribution is -2.11. The summed E-state index contributed by atoms with van der Waals surface area (Å²) in [5, 5.41) is 4.33. The largest absolute Gasteiger partial charge is 0.409 e. The highest BCUT2D eigenvalue weighted by Crippen LogP contribution is 2.19. The fourth-order valence-corrected chi connectivity index (χ4v) is 2.72. The first kappa shape index (κ1) is 16.8. The molecule has 0 aliphatic carbocycles. The van der Waals surface area contributed by atoms with Crippen LogP contribution in [0.5, 0.6) is 0 Å². The molecular formula is C18H15BrN2O2S. The molecule has 122 valence electrons. The van der Waals surface area contributed by atoms with Gasteiger partial charge in [-0.05, 0) is 48.5 Å². The smallest absolute Gasteiger partial charge is 0.287 e. The number of hydrogen-bond donors (Lipinski definition) is 0. The third kappa shape index (κ3) is 3.71. The van der Waals surface area contributed by atoms with E-state index in [1.807, 2.05) is 36.4 Å². The highest BCUT2D eigenvalue weighted by molar-refractivity contribution is 9.10. The molecule has 0 spiro atoms. The normalized spacial score (nSPS) is 10.8. The van der Waals surface area contributed by atoms with Crippen LogP contribution in [0.4, 0.5) is 0 Å². The van der Waals surface area contributed by atoms with Gasteiger partial charge in [0.1, 0.15) is 6.54 Å². The summed E-state index contributed by atoms with van der Waals surface area (Å²) < 4.78 is 7.88. The predicted octanol–water partition coefficient (Wildman–Crippen LogP) is 5.08. The van der Waals surface area contributed by atoms with Gasteiger partial charge in [-0.1, -0.05) is 47.1 Å². The van der Waals surface area contributed by atoms with Crippen LogP contribution in [0.2, 0.25) is 0 Å². The van der Waals surface area contributed by atoms with Gasteiger partial charge >= 0.3 is 0 Å². The molecule has 0 unspecified atom stereocenters. The van der Waals surface area contributed by atoms with Crippen molar-refractivity contribution in [1.29, 1.82) is 0 Å². The number of nitrogens with zero attached hydrogens (tertiary/aromatic N) is 2. The monoisotopic (exact) mass is 402 g/mol. The molecule has 0 saturated carbocycles. The quantitative estimate of drug-likeness (QED) is 0.440. The zero-order chi connectivity index (χ0) is 17.1. The van der Waals surface area contributed by atoms with Crippen LogP contribution >= 0.6 is 28.1 Å². The molecule has 24 heavy (non-hydrogen) atoms. The molecule has 0 atom stereocenters. The molecule has 3 rings (SSSR count). The Hall–Kier alpha value is -2.05. The van der Waals surface area contributed by atoms with E-state index in [9.17, 15) is 4.79 Å². The van der Waals surface area contributed by atoms with E-state index in [0.29, 0.717) is 11.5 Å². The maximum Gasteiger partial charge on any atom is 0.287 e. The zero-order valence-corrected chi connectivity index (χ0v) is 15.4. The highest BCUT2D eigenvalue weighted by atomic mass is 79.9. The Labute approximate surface area is 153 Å². The van der Waals surface area contributed by atoms with Crippen LogP contribution in [0, 0.1) is 4.84 Å². The van der Waals surface area contributed by atoms with Crippen LogP contribution < -0.4 is 0 Å². The van der Waals surface area contributed by atoms with Crippen molar-refractivity contribution in [3.8, 4) is 11.5 Å². The average Bonchev–Trinajstić information content (AvgIpc) is 2.96. The van der Waals surface area contributed by atoms with Crippen molar-refractivity contribution in [2.45, 2.75) is 19.9 Å². The minimum absolute atomic E-state index is 0.0526. The Morgan fingerprint density at radius 3 is 2.46 bits per heavy atom. The van der Waals surface area contributed by atoms with E-state index in [0.717, 1.165) is 16.5 Å². The third-order valence-electron chi connectivity index (χ3n) is 3.67. The second-order valence-electron chi connectivity index (χ2n) is 5.31. The Morgan fingerprint density at radius 1 is 1.17 bits per heavy atom. The van der Waals surface area contributed by atoms with Crippen LogP contribution in [-0.4, -0.2) is 15.6 Å². The first-order valence-electron chi connectivity index (χ1n) is 7.53. The average molecular weight is 403 g/mol. The van der Waals surface area contributed by atoms with Gasteiger partial charge in [-0.3, -0.25) is 4.79 Å². The number of aromatic nitrogens is 2. The summed E-state index contributed by atoms with van der Waals surface area (Å²) in [5.41, 5.74) is 2.69. The van der Waals surface area contributed by atoms with Gasteiger partial charge in [0.25, 0.3) is 4.84 Å². The van der Waals surface area contributed by atoms with Gasteiger partial charge in [0.05, 0.1) is 0 Å². The van der Waals surface area contributed by atoms with E-state index < -0.39 is 0 Å². The van der Waals surface area contributed by atoms with Crippen LogP contribution in [0.15, 0.2) is 57.4 Å². The molecule has 3 aromatic rings. The van der Waals surface area contributed by atoms with Gasteiger partial charge in [0.15, 0.2) is 5.78 Å². The lowest BCUT2D eigenvalue weighted by atomic mass is 10.1. The second-order valence-corrected chi connectivity index (χ2v) is 6.58. The molecule has 0 amide bonds. The van der Waals surface area contributed by atoms with Gasteiger partial charge in [0, 0.05) is 15.6 Å². The van der Waals surface area contributed by atoms with Crippen molar-refractivity contribution >= 4 is 33.9 Å². The van der Waals surface area contributed by atoms with Gasteiger partial charge < -0.3 is 4.42 Å². The van der Waals surface area contributed by atoms with Crippen molar-refractivity contribution in [2.75, 3.05) is 0 Å². The zero-order valence-electron chi connectivity index (χ0n) is 13.0. The van der Waals surface area contributed by atoms with Crippen molar-refractivity contribution in [3.63, 3.8) is 0 Å². The topological polar surface area (TPSA) is 48.0 Å². The van der Waals surface area contributed by atoms with Crippen LogP contribution in [-0.2, 0) is 13.0 Å². The number of ketones is 1. The Bertz CT molecular complexity index is 911. The molecule has 0 aliphatic rings. The molecule has 0 N–H and O–H groups in total. The molecule has 6 heteroatoms. The Morgan fingerprint density at radius 2 is 1.83 bits per heavy atom. The maximum absolute atomic E-state index is 12.3. The Kier molecular flexibility index (Phi) is 5.06. The fraction of sp³-hybridized carbons (Fsp3) is 0.167. The SMILES string of the molecule is CCc1ccc(-c2nn(CC(=O)c3ccc(Br)cc3)c(=S)o2)cc1. The van der Waals surface area contributed by atoms with Crippen molar-refractivity contribution in [1.82, 2.24) is 9.78 Å². The Balaban J connectivity index is 1.82. The first-order valence-corrected chi connectivity index (χ1v) is 8.73. The van der Waals surface area contributed by atoms with E-state index in [-0.39, 0.29) is 17.2 Å². The number of carbonyl (C=O) groups excluding carboxylic acids is 1. The number of halogens is 1. The molecule has 0 aliphatic heterocycles. The van der Waals surface area contributed by atoms with Gasteiger partial charge in [-0.25, -0.2) is 4.68 Å². The first-order chi connectivity index (χ1) is 11.6. The minimum Gasteiger partial charge on any atom is -0.409 e. The highest BCUT2D eigenvalue weighted by Gasteiger charge is 2.12. The molecule has 0 bridgehead atoms. The summed E-state index contributed by atoms with van der Waals surface area (Å²) in [6.07, 6.45) is 0.972. The molecule has 1 aromatic heterocycles. The molecule has 4 nitrogen and oxygen atoms in total. The van der Waals surface area contributed by atoms with Gasteiger partial charge in [-0.15, -0.1) is 5.10 Å². The van der Waals surface area contributed by atoms with Crippen LogP contribution in [0.1, 0.15) is 22.8 Å². The summed E-state index contributed by atoms with van der Waals surface area (Å²) in [7, 11) is 0. The minimum atomic E-state index is -0.0696. The maximum atomic E-state index is 12.3. The number of Topliss-reactive ketones (excluding diaryl/α,β-unsaturated/α-hetero) is 1. The second kappa shape index (κ2) is 7.23.